The van der Waals surface area contributed by atoms with Crippen LogP contribution in [0.2, 0.25) is 0 Å². The lowest BCUT2D eigenvalue weighted by Gasteiger charge is -2.21. The number of nitrogens with two attached hydrogens (primary N) is 1. The molecule has 1 aromatic carbocycles. The molecule has 7 heteroatoms. The fourth-order valence-corrected chi connectivity index (χ4v) is 3.81. The number of amides is 1. The lowest BCUT2D eigenvalue weighted by Crippen LogP contribution is -2.32. The second-order valence-electron chi connectivity index (χ2n) is 5.33. The van der Waals surface area contributed by atoms with Crippen molar-refractivity contribution in [3.8, 4) is 0 Å². The Balaban J connectivity index is 2.87. The summed E-state index contributed by atoms with van der Waals surface area (Å²) in [6.45, 7) is 5.92. The molecule has 6 nitrogen and oxygen atoms in total. The first-order valence-corrected chi connectivity index (χ1v) is 9.49. The third kappa shape index (κ3) is 5.60. The van der Waals surface area contributed by atoms with Gasteiger partial charge in [0.05, 0.1) is 4.90 Å². The van der Waals surface area contributed by atoms with Gasteiger partial charge in [-0.2, -0.15) is 4.31 Å². The third-order valence-corrected chi connectivity index (χ3v) is 5.28. The number of rotatable bonds is 10. The Morgan fingerprint density at radius 1 is 1.13 bits per heavy atom. The zero-order chi connectivity index (χ0) is 17.3. The number of hydrogen-bond donors (Lipinski definition) is 2. The largest absolute Gasteiger partial charge is 0.352 e. The summed E-state index contributed by atoms with van der Waals surface area (Å²) in [4.78, 5) is 12.1. The highest BCUT2D eigenvalue weighted by Gasteiger charge is 2.23. The van der Waals surface area contributed by atoms with Crippen molar-refractivity contribution in [2.24, 2.45) is 5.73 Å². The predicted octanol–water partition coefficient (Wildman–Crippen LogP) is 1.58. The van der Waals surface area contributed by atoms with Gasteiger partial charge in [0.25, 0.3) is 5.91 Å². The predicted molar refractivity (Wildman–Crippen MR) is 91.8 cm³/mol. The molecule has 1 amide bonds. The van der Waals surface area contributed by atoms with E-state index in [1.165, 1.54) is 16.4 Å². The molecule has 0 fully saturated rings. The van der Waals surface area contributed by atoms with E-state index < -0.39 is 10.0 Å². The average Bonchev–Trinajstić information content (AvgIpc) is 2.55. The summed E-state index contributed by atoms with van der Waals surface area (Å²) in [6, 6.07) is 6.07. The minimum absolute atomic E-state index is 0.220. The van der Waals surface area contributed by atoms with E-state index in [-0.39, 0.29) is 10.8 Å². The summed E-state index contributed by atoms with van der Waals surface area (Å²) in [7, 11) is -3.50. The normalized spacial score (nSPS) is 11.7. The summed E-state index contributed by atoms with van der Waals surface area (Å²) in [5.41, 5.74) is 5.82. The number of hydrogen-bond acceptors (Lipinski definition) is 4. The number of carbonyl (C=O) groups excluding carboxylic acids is 1. The van der Waals surface area contributed by atoms with Crippen LogP contribution in [0.3, 0.4) is 0 Å². The monoisotopic (exact) mass is 341 g/mol. The zero-order valence-electron chi connectivity index (χ0n) is 13.9. The van der Waals surface area contributed by atoms with Gasteiger partial charge in [0, 0.05) is 25.2 Å². The van der Waals surface area contributed by atoms with Gasteiger partial charge >= 0.3 is 0 Å². The number of carbonyl (C=O) groups is 1. The average molecular weight is 341 g/mol. The van der Waals surface area contributed by atoms with Crippen molar-refractivity contribution in [2.75, 3.05) is 26.2 Å². The van der Waals surface area contributed by atoms with Gasteiger partial charge in [0.15, 0.2) is 0 Å². The van der Waals surface area contributed by atoms with Crippen LogP contribution in [0.25, 0.3) is 0 Å². The number of benzene rings is 1. The molecule has 0 heterocycles. The van der Waals surface area contributed by atoms with Crippen molar-refractivity contribution in [3.05, 3.63) is 29.8 Å². The van der Waals surface area contributed by atoms with Gasteiger partial charge in [-0.25, -0.2) is 8.42 Å². The fraction of sp³-hybridized carbons (Fsp3) is 0.562. The van der Waals surface area contributed by atoms with Gasteiger partial charge in [-0.3, -0.25) is 4.79 Å². The molecule has 0 aliphatic heterocycles. The minimum Gasteiger partial charge on any atom is -0.352 e. The molecule has 0 atom stereocenters. The second-order valence-corrected chi connectivity index (χ2v) is 7.26. The first-order valence-electron chi connectivity index (χ1n) is 8.05. The van der Waals surface area contributed by atoms with E-state index in [0.717, 1.165) is 12.8 Å². The highest BCUT2D eigenvalue weighted by Crippen LogP contribution is 2.17. The van der Waals surface area contributed by atoms with Gasteiger partial charge in [-0.15, -0.1) is 0 Å². The lowest BCUT2D eigenvalue weighted by atomic mass is 10.2. The van der Waals surface area contributed by atoms with Gasteiger partial charge in [0.2, 0.25) is 10.0 Å². The standard InChI is InChI=1S/C16H27N3O3S/c1-3-12-19(13-4-2)23(21,22)15-8-6-14(7-9-15)16(20)18-11-5-10-17/h6-9H,3-5,10-13,17H2,1-2H3,(H,18,20). The molecule has 0 aromatic heterocycles. The van der Waals surface area contributed by atoms with E-state index in [9.17, 15) is 13.2 Å². The number of nitrogens with zero attached hydrogens (tertiary/aromatic N) is 1. The van der Waals surface area contributed by atoms with Crippen molar-refractivity contribution in [2.45, 2.75) is 38.0 Å². The molecule has 23 heavy (non-hydrogen) atoms. The minimum atomic E-state index is -3.50. The highest BCUT2D eigenvalue weighted by atomic mass is 32.2. The topological polar surface area (TPSA) is 92.5 Å². The van der Waals surface area contributed by atoms with Gasteiger partial charge in [-0.1, -0.05) is 13.8 Å². The van der Waals surface area contributed by atoms with Crippen molar-refractivity contribution < 1.29 is 13.2 Å². The molecule has 0 radical (unpaired) electrons. The van der Waals surface area contributed by atoms with Crippen LogP contribution >= 0.6 is 0 Å². The van der Waals surface area contributed by atoms with Gasteiger partial charge in [-0.05, 0) is 50.1 Å². The summed E-state index contributed by atoms with van der Waals surface area (Å²) >= 11 is 0. The quantitative estimate of drug-likeness (QED) is 0.632. The van der Waals surface area contributed by atoms with Gasteiger partial charge in [0.1, 0.15) is 0 Å². The van der Waals surface area contributed by atoms with Crippen LogP contribution in [-0.4, -0.2) is 44.8 Å². The maximum atomic E-state index is 12.6. The van der Waals surface area contributed by atoms with E-state index in [0.29, 0.717) is 38.2 Å². The maximum absolute atomic E-state index is 12.6. The van der Waals surface area contributed by atoms with Crippen LogP contribution in [0.15, 0.2) is 29.2 Å². The Morgan fingerprint density at radius 2 is 1.70 bits per heavy atom. The Morgan fingerprint density at radius 3 is 2.17 bits per heavy atom. The van der Waals surface area contributed by atoms with E-state index >= 15 is 0 Å². The van der Waals surface area contributed by atoms with Crippen LogP contribution in [-0.2, 0) is 10.0 Å². The summed E-state index contributed by atoms with van der Waals surface area (Å²) in [5, 5.41) is 2.74. The second kappa shape index (κ2) is 9.64. The Labute approximate surface area is 139 Å². The van der Waals surface area contributed by atoms with Crippen molar-refractivity contribution >= 4 is 15.9 Å². The first kappa shape index (κ1) is 19.6. The van der Waals surface area contributed by atoms with Crippen LogP contribution in [0.4, 0.5) is 0 Å². The highest BCUT2D eigenvalue weighted by molar-refractivity contribution is 7.89. The van der Waals surface area contributed by atoms with Crippen LogP contribution in [0.1, 0.15) is 43.5 Å². The molecular formula is C16H27N3O3S. The molecule has 0 aliphatic rings. The molecule has 0 unspecified atom stereocenters. The third-order valence-electron chi connectivity index (χ3n) is 3.37. The Bertz CT molecular complexity index is 579. The van der Waals surface area contributed by atoms with E-state index in [1.54, 1.807) is 12.1 Å². The molecule has 0 saturated heterocycles. The molecule has 0 aliphatic carbocycles. The number of sulfonamides is 1. The first-order chi connectivity index (χ1) is 11.0. The maximum Gasteiger partial charge on any atom is 0.251 e. The van der Waals surface area contributed by atoms with E-state index in [2.05, 4.69) is 5.32 Å². The van der Waals surface area contributed by atoms with Crippen molar-refractivity contribution in [1.29, 1.82) is 0 Å². The number of nitrogens with one attached hydrogen (secondary N) is 1. The molecule has 130 valence electrons. The van der Waals surface area contributed by atoms with Crippen LogP contribution in [0.5, 0.6) is 0 Å². The van der Waals surface area contributed by atoms with E-state index in [1.807, 2.05) is 13.8 Å². The van der Waals surface area contributed by atoms with Crippen molar-refractivity contribution in [1.82, 2.24) is 9.62 Å². The van der Waals surface area contributed by atoms with E-state index in [4.69, 9.17) is 5.73 Å². The Kier molecular flexibility index (Phi) is 8.22. The molecule has 1 aromatic rings. The summed E-state index contributed by atoms with van der Waals surface area (Å²) in [5.74, 6) is -0.221. The molecule has 0 spiro atoms. The molecular weight excluding hydrogens is 314 g/mol. The van der Waals surface area contributed by atoms with Crippen LogP contribution in [0, 0.1) is 0 Å². The lowest BCUT2D eigenvalue weighted by molar-refractivity contribution is 0.0953. The Hall–Kier alpha value is -1.44. The van der Waals surface area contributed by atoms with Gasteiger partial charge < -0.3 is 11.1 Å². The fourth-order valence-electron chi connectivity index (χ4n) is 2.18. The molecule has 3 N–H and O–H groups in total. The summed E-state index contributed by atoms with van der Waals surface area (Å²) in [6.07, 6.45) is 2.24. The van der Waals surface area contributed by atoms with Crippen molar-refractivity contribution in [3.63, 3.8) is 0 Å². The smallest absolute Gasteiger partial charge is 0.251 e. The molecule has 1 rings (SSSR count). The zero-order valence-corrected chi connectivity index (χ0v) is 14.7. The molecule has 0 saturated carbocycles. The molecule has 0 bridgehead atoms. The summed E-state index contributed by atoms with van der Waals surface area (Å²) < 4.78 is 26.7. The van der Waals surface area contributed by atoms with Crippen LogP contribution < -0.4 is 11.1 Å². The SMILES string of the molecule is CCCN(CCC)S(=O)(=O)c1ccc(C(=O)NCCCN)cc1.